The molecule has 1 heterocycles. The van der Waals surface area contributed by atoms with Gasteiger partial charge in [-0.1, -0.05) is 34.8 Å². The van der Waals surface area contributed by atoms with Gasteiger partial charge in [-0.25, -0.2) is 0 Å². The Kier molecular flexibility index (Phi) is 8.25. The maximum Gasteiger partial charge on any atom is 0.0514 e. The lowest BCUT2D eigenvalue weighted by atomic mass is 10.2. The third kappa shape index (κ3) is 7.09. The fourth-order valence-corrected chi connectivity index (χ4v) is 2.47. The Morgan fingerprint density at radius 1 is 1.13 bits per heavy atom. The lowest BCUT2D eigenvalue weighted by Crippen LogP contribution is -1.99. The molecule has 86 valence electrons. The molecule has 0 saturated carbocycles. The number of ether oxygens (including phenoxy) is 1. The molecule has 1 aromatic rings. The highest BCUT2D eigenvalue weighted by molar-refractivity contribution is 9.09. The minimum Gasteiger partial charge on any atom is -0.381 e. The summed E-state index contributed by atoms with van der Waals surface area (Å²) in [5, 5.41) is 3.25. The van der Waals surface area contributed by atoms with E-state index in [9.17, 15) is 0 Å². The van der Waals surface area contributed by atoms with E-state index in [1.807, 2.05) is 11.3 Å². The largest absolute Gasteiger partial charge is 0.381 e. The van der Waals surface area contributed by atoms with E-state index in [0.717, 1.165) is 25.0 Å². The average Bonchev–Trinajstić information content (AvgIpc) is 2.75. The first kappa shape index (κ1) is 13.2. The van der Waals surface area contributed by atoms with E-state index in [0.29, 0.717) is 0 Å². The summed E-state index contributed by atoms with van der Waals surface area (Å²) < 4.78 is 5.58. The maximum atomic E-state index is 5.58. The van der Waals surface area contributed by atoms with Gasteiger partial charge in [0.05, 0.1) is 6.61 Å². The number of unbranched alkanes of at least 4 members (excludes halogenated alkanes) is 3. The Bertz CT molecular complexity index is 224. The van der Waals surface area contributed by atoms with Crippen LogP contribution in [0.3, 0.4) is 0 Å². The summed E-state index contributed by atoms with van der Waals surface area (Å²) in [6, 6.07) is 4.27. The van der Waals surface area contributed by atoms with Crippen molar-refractivity contribution in [3.05, 3.63) is 22.4 Å². The van der Waals surface area contributed by atoms with E-state index in [4.69, 9.17) is 4.74 Å². The molecule has 3 heteroatoms. The summed E-state index contributed by atoms with van der Waals surface area (Å²) in [5.74, 6) is 0. The molecule has 0 atom stereocenters. The van der Waals surface area contributed by atoms with Crippen LogP contribution < -0.4 is 0 Å². The normalized spacial score (nSPS) is 10.7. The maximum absolute atomic E-state index is 5.58. The van der Waals surface area contributed by atoms with Crippen LogP contribution in [0.25, 0.3) is 0 Å². The van der Waals surface area contributed by atoms with Gasteiger partial charge in [-0.05, 0) is 24.3 Å². The molecule has 0 bridgehead atoms. The Morgan fingerprint density at radius 2 is 2.00 bits per heavy atom. The molecule has 1 aromatic heterocycles. The van der Waals surface area contributed by atoms with Crippen molar-refractivity contribution in [3.63, 3.8) is 0 Å². The predicted molar refractivity (Wildman–Crippen MR) is 71.1 cm³/mol. The molecule has 0 spiro atoms. The van der Waals surface area contributed by atoms with Crippen molar-refractivity contribution in [2.75, 3.05) is 18.5 Å². The first-order valence-corrected chi connectivity index (χ1v) is 7.59. The van der Waals surface area contributed by atoms with Crippen molar-refractivity contribution in [1.29, 1.82) is 0 Å². The van der Waals surface area contributed by atoms with Gasteiger partial charge in [0, 0.05) is 23.2 Å². The average molecular weight is 291 g/mol. The second kappa shape index (κ2) is 9.37. The van der Waals surface area contributed by atoms with Gasteiger partial charge in [-0.3, -0.25) is 0 Å². The second-order valence-electron chi connectivity index (χ2n) is 3.54. The van der Waals surface area contributed by atoms with E-state index in [-0.39, 0.29) is 0 Å². The number of halogens is 1. The number of rotatable bonds is 9. The summed E-state index contributed by atoms with van der Waals surface area (Å²) in [7, 11) is 0. The van der Waals surface area contributed by atoms with E-state index in [1.165, 1.54) is 30.6 Å². The van der Waals surface area contributed by atoms with Crippen molar-refractivity contribution in [3.8, 4) is 0 Å². The van der Waals surface area contributed by atoms with Gasteiger partial charge >= 0.3 is 0 Å². The van der Waals surface area contributed by atoms with Crippen molar-refractivity contribution in [2.24, 2.45) is 0 Å². The molecule has 0 aliphatic heterocycles. The number of hydrogen-bond donors (Lipinski definition) is 0. The SMILES string of the molecule is BrCCCCCCOCCc1cccs1. The first-order chi connectivity index (χ1) is 7.43. The van der Waals surface area contributed by atoms with Crippen LogP contribution in [0.1, 0.15) is 30.6 Å². The van der Waals surface area contributed by atoms with Crippen molar-refractivity contribution in [1.82, 2.24) is 0 Å². The minimum atomic E-state index is 0.874. The summed E-state index contributed by atoms with van der Waals surface area (Å²) >= 11 is 5.25. The number of alkyl halides is 1. The fourth-order valence-electron chi connectivity index (χ4n) is 1.38. The lowest BCUT2D eigenvalue weighted by Gasteiger charge is -2.02. The molecule has 0 amide bonds. The molecule has 0 aliphatic carbocycles. The topological polar surface area (TPSA) is 9.23 Å². The zero-order valence-corrected chi connectivity index (χ0v) is 11.5. The van der Waals surface area contributed by atoms with Gasteiger partial charge in [0.25, 0.3) is 0 Å². The van der Waals surface area contributed by atoms with E-state index >= 15 is 0 Å². The van der Waals surface area contributed by atoms with Gasteiger partial charge < -0.3 is 4.74 Å². The van der Waals surface area contributed by atoms with Gasteiger partial charge in [-0.15, -0.1) is 11.3 Å². The van der Waals surface area contributed by atoms with Crippen LogP contribution in [0.4, 0.5) is 0 Å². The molecule has 0 aliphatic rings. The zero-order chi connectivity index (χ0) is 10.8. The van der Waals surface area contributed by atoms with Crippen LogP contribution in [0, 0.1) is 0 Å². The highest BCUT2D eigenvalue weighted by Crippen LogP contribution is 2.09. The van der Waals surface area contributed by atoms with Gasteiger partial charge in [-0.2, -0.15) is 0 Å². The summed E-state index contributed by atoms with van der Waals surface area (Å²) in [6.45, 7) is 1.80. The lowest BCUT2D eigenvalue weighted by molar-refractivity contribution is 0.133. The van der Waals surface area contributed by atoms with Crippen LogP contribution in [0.5, 0.6) is 0 Å². The molecule has 0 unspecified atom stereocenters. The molecular weight excluding hydrogens is 272 g/mol. The highest BCUT2D eigenvalue weighted by atomic mass is 79.9. The highest BCUT2D eigenvalue weighted by Gasteiger charge is 1.94. The number of hydrogen-bond acceptors (Lipinski definition) is 2. The van der Waals surface area contributed by atoms with Crippen LogP contribution in [-0.2, 0) is 11.2 Å². The monoisotopic (exact) mass is 290 g/mol. The van der Waals surface area contributed by atoms with Gasteiger partial charge in [0.1, 0.15) is 0 Å². The minimum absolute atomic E-state index is 0.874. The summed E-state index contributed by atoms with van der Waals surface area (Å²) in [4.78, 5) is 1.43. The molecule has 0 aromatic carbocycles. The standard InChI is InChI=1S/C12H19BrOS/c13-8-3-1-2-4-9-14-10-7-12-6-5-11-15-12/h5-6,11H,1-4,7-10H2. The Morgan fingerprint density at radius 3 is 2.73 bits per heavy atom. The zero-order valence-electron chi connectivity index (χ0n) is 9.08. The van der Waals surface area contributed by atoms with E-state index in [2.05, 4.69) is 33.4 Å². The fraction of sp³-hybridized carbons (Fsp3) is 0.667. The van der Waals surface area contributed by atoms with Crippen LogP contribution >= 0.6 is 27.3 Å². The van der Waals surface area contributed by atoms with E-state index in [1.54, 1.807) is 0 Å². The quantitative estimate of drug-likeness (QED) is 0.488. The molecule has 0 N–H and O–H groups in total. The van der Waals surface area contributed by atoms with Crippen LogP contribution in [-0.4, -0.2) is 18.5 Å². The number of thiophene rings is 1. The van der Waals surface area contributed by atoms with Crippen LogP contribution in [0.2, 0.25) is 0 Å². The Hall–Kier alpha value is 0.140. The molecule has 0 radical (unpaired) electrons. The molecule has 15 heavy (non-hydrogen) atoms. The Balaban J connectivity index is 1.81. The van der Waals surface area contributed by atoms with Crippen molar-refractivity contribution < 1.29 is 4.74 Å². The molecule has 1 rings (SSSR count). The third-order valence-electron chi connectivity index (χ3n) is 2.25. The van der Waals surface area contributed by atoms with Crippen LogP contribution in [0.15, 0.2) is 17.5 Å². The molecule has 0 saturated heterocycles. The molecule has 1 nitrogen and oxygen atoms in total. The summed E-state index contributed by atoms with van der Waals surface area (Å²) in [5.41, 5.74) is 0. The van der Waals surface area contributed by atoms with Crippen molar-refractivity contribution >= 4 is 27.3 Å². The first-order valence-electron chi connectivity index (χ1n) is 5.59. The second-order valence-corrected chi connectivity index (χ2v) is 5.37. The van der Waals surface area contributed by atoms with Gasteiger partial charge in [0.2, 0.25) is 0 Å². The smallest absolute Gasteiger partial charge is 0.0514 e. The third-order valence-corrected chi connectivity index (χ3v) is 3.74. The molecule has 0 fully saturated rings. The molecular formula is C12H19BrOS. The van der Waals surface area contributed by atoms with Gasteiger partial charge in [0.15, 0.2) is 0 Å². The Labute approximate surface area is 105 Å². The predicted octanol–water partition coefficient (Wildman–Crippen LogP) is 4.26. The summed E-state index contributed by atoms with van der Waals surface area (Å²) in [6.07, 6.45) is 6.18. The van der Waals surface area contributed by atoms with Crippen molar-refractivity contribution in [2.45, 2.75) is 32.1 Å². The van der Waals surface area contributed by atoms with E-state index < -0.39 is 0 Å².